The van der Waals surface area contributed by atoms with Gasteiger partial charge in [-0.1, -0.05) is 53.0 Å². The van der Waals surface area contributed by atoms with Crippen LogP contribution in [0.3, 0.4) is 0 Å². The van der Waals surface area contributed by atoms with E-state index in [-0.39, 0.29) is 34.3 Å². The number of esters is 1. The van der Waals surface area contributed by atoms with Gasteiger partial charge in [0, 0.05) is 12.6 Å². The predicted octanol–water partition coefficient (Wildman–Crippen LogP) is 6.90. The van der Waals surface area contributed by atoms with Crippen molar-refractivity contribution in [3.8, 4) is 11.3 Å². The fraction of sp³-hybridized carbons (Fsp3) is 0.625. The topological polar surface area (TPSA) is 60.3 Å². The molecule has 206 valence electrons. The molecule has 1 aromatic carbocycles. The number of carbonyl (C=O) groups excluding carboxylic acids is 2. The van der Waals surface area contributed by atoms with E-state index < -0.39 is 11.9 Å². The lowest BCUT2D eigenvalue weighted by Gasteiger charge is -2.33. The second kappa shape index (κ2) is 10.2. The summed E-state index contributed by atoms with van der Waals surface area (Å²) in [6.07, 6.45) is 9.20. The SMILES string of the molecule is COC(=O)C1CC(NC(=O)c2cc(-c3cc(C(C)(C)C)cc(C4(C)CC4)c3)n(CC3CCCCC3)c2F)C1. The molecule has 2 aromatic rings. The summed E-state index contributed by atoms with van der Waals surface area (Å²) in [4.78, 5) is 25.0. The van der Waals surface area contributed by atoms with Gasteiger partial charge in [0.05, 0.1) is 24.3 Å². The minimum absolute atomic E-state index is 0.0457. The Labute approximate surface area is 226 Å². The highest BCUT2D eigenvalue weighted by molar-refractivity contribution is 5.96. The van der Waals surface area contributed by atoms with Crippen LogP contribution in [-0.4, -0.2) is 29.6 Å². The van der Waals surface area contributed by atoms with Gasteiger partial charge < -0.3 is 14.6 Å². The van der Waals surface area contributed by atoms with Gasteiger partial charge >= 0.3 is 5.97 Å². The number of nitrogens with one attached hydrogen (secondary N) is 1. The Kier molecular flexibility index (Phi) is 7.21. The van der Waals surface area contributed by atoms with Gasteiger partial charge in [-0.2, -0.15) is 4.39 Å². The molecule has 1 amide bonds. The quantitative estimate of drug-likeness (QED) is 0.402. The van der Waals surface area contributed by atoms with E-state index in [2.05, 4.69) is 51.2 Å². The Morgan fingerprint density at radius 2 is 1.76 bits per heavy atom. The minimum Gasteiger partial charge on any atom is -0.469 e. The number of methoxy groups -OCH3 is 1. The highest BCUT2D eigenvalue weighted by Gasteiger charge is 2.40. The molecule has 1 aromatic heterocycles. The molecule has 3 aliphatic rings. The first-order valence-corrected chi connectivity index (χ1v) is 14.4. The summed E-state index contributed by atoms with van der Waals surface area (Å²) in [6, 6.07) is 8.36. The number of hydrogen-bond donors (Lipinski definition) is 1. The number of carbonyl (C=O) groups is 2. The van der Waals surface area contributed by atoms with Crippen LogP contribution in [0, 0.1) is 17.8 Å². The Balaban J connectivity index is 1.50. The number of ether oxygens (including phenoxy) is 1. The van der Waals surface area contributed by atoms with Crippen molar-refractivity contribution in [3.05, 3.63) is 46.9 Å². The molecule has 1 heterocycles. The maximum absolute atomic E-state index is 16.1. The maximum Gasteiger partial charge on any atom is 0.308 e. The molecule has 0 spiro atoms. The van der Waals surface area contributed by atoms with Crippen LogP contribution in [0.5, 0.6) is 0 Å². The van der Waals surface area contributed by atoms with E-state index in [0.29, 0.717) is 25.3 Å². The largest absolute Gasteiger partial charge is 0.469 e. The first kappa shape index (κ1) is 27.0. The smallest absolute Gasteiger partial charge is 0.308 e. The summed E-state index contributed by atoms with van der Waals surface area (Å²) in [7, 11) is 1.38. The lowest BCUT2D eigenvalue weighted by molar-refractivity contribution is -0.149. The van der Waals surface area contributed by atoms with Crippen LogP contribution < -0.4 is 5.32 Å². The number of hydrogen-bond acceptors (Lipinski definition) is 3. The second-order valence-electron chi connectivity index (χ2n) is 13.3. The molecule has 0 saturated heterocycles. The van der Waals surface area contributed by atoms with Crippen molar-refractivity contribution in [1.82, 2.24) is 9.88 Å². The zero-order valence-corrected chi connectivity index (χ0v) is 23.7. The first-order chi connectivity index (χ1) is 18.0. The number of nitrogens with zero attached hydrogens (tertiary/aromatic N) is 1. The summed E-state index contributed by atoms with van der Waals surface area (Å²) < 4.78 is 22.7. The van der Waals surface area contributed by atoms with Crippen LogP contribution in [0.2, 0.25) is 0 Å². The van der Waals surface area contributed by atoms with E-state index in [1.54, 1.807) is 10.6 Å². The fourth-order valence-corrected chi connectivity index (χ4v) is 6.12. The van der Waals surface area contributed by atoms with E-state index >= 15 is 4.39 Å². The van der Waals surface area contributed by atoms with Gasteiger partial charge in [-0.05, 0) is 90.2 Å². The van der Waals surface area contributed by atoms with Crippen molar-refractivity contribution in [3.63, 3.8) is 0 Å². The van der Waals surface area contributed by atoms with Crippen LogP contribution in [0.25, 0.3) is 11.3 Å². The van der Waals surface area contributed by atoms with Gasteiger partial charge in [-0.15, -0.1) is 0 Å². The summed E-state index contributed by atoms with van der Waals surface area (Å²) in [5.41, 5.74) is 4.54. The lowest BCUT2D eigenvalue weighted by Crippen LogP contribution is -2.47. The predicted molar refractivity (Wildman–Crippen MR) is 148 cm³/mol. The zero-order chi connectivity index (χ0) is 27.2. The third-order valence-electron chi connectivity index (χ3n) is 9.24. The van der Waals surface area contributed by atoms with E-state index in [1.165, 1.54) is 50.3 Å². The van der Waals surface area contributed by atoms with Gasteiger partial charge in [0.15, 0.2) is 0 Å². The Bertz CT molecular complexity index is 1180. The molecule has 6 heteroatoms. The van der Waals surface area contributed by atoms with Gasteiger partial charge in [0.1, 0.15) is 0 Å². The molecular weight excluding hydrogens is 479 g/mol. The van der Waals surface area contributed by atoms with Crippen LogP contribution in [0.15, 0.2) is 24.3 Å². The van der Waals surface area contributed by atoms with Crippen molar-refractivity contribution in [1.29, 1.82) is 0 Å². The molecule has 38 heavy (non-hydrogen) atoms. The highest BCUT2D eigenvalue weighted by atomic mass is 19.1. The number of rotatable bonds is 7. The number of halogens is 1. The van der Waals surface area contributed by atoms with Crippen LogP contribution in [-0.2, 0) is 26.9 Å². The Morgan fingerprint density at radius 3 is 2.37 bits per heavy atom. The van der Waals surface area contributed by atoms with E-state index in [9.17, 15) is 9.59 Å². The third-order valence-corrected chi connectivity index (χ3v) is 9.24. The average Bonchev–Trinajstić information content (AvgIpc) is 3.54. The normalized spacial score (nSPS) is 23.0. The lowest BCUT2D eigenvalue weighted by atomic mass is 9.80. The van der Waals surface area contributed by atoms with Crippen molar-refractivity contribution >= 4 is 11.9 Å². The monoisotopic (exact) mass is 522 g/mol. The molecule has 5 rings (SSSR count). The minimum atomic E-state index is -0.452. The van der Waals surface area contributed by atoms with Crippen LogP contribution in [0.1, 0.15) is 107 Å². The highest BCUT2D eigenvalue weighted by Crippen LogP contribution is 2.49. The maximum atomic E-state index is 16.1. The standard InChI is InChI=1S/C32H43FN2O3/c1-31(2,3)23-13-21(14-24(17-23)32(4)11-12-32)27-18-26(28(33)35(27)19-20-9-7-6-8-10-20)29(36)34-25-15-22(16-25)30(37)38-5/h13-14,17-18,20,22,25H,6-12,15-16,19H2,1-5H3,(H,34,36). The van der Waals surface area contributed by atoms with Gasteiger partial charge in [0.25, 0.3) is 5.91 Å². The molecule has 0 unspecified atom stereocenters. The average molecular weight is 523 g/mol. The van der Waals surface area contributed by atoms with E-state index in [4.69, 9.17) is 4.74 Å². The fourth-order valence-electron chi connectivity index (χ4n) is 6.12. The van der Waals surface area contributed by atoms with E-state index in [1.807, 2.05) is 0 Å². The molecule has 0 aliphatic heterocycles. The molecule has 3 aliphatic carbocycles. The van der Waals surface area contributed by atoms with Crippen molar-refractivity contribution in [2.75, 3.05) is 7.11 Å². The van der Waals surface area contributed by atoms with Gasteiger partial charge in [-0.3, -0.25) is 9.59 Å². The van der Waals surface area contributed by atoms with Crippen molar-refractivity contribution < 1.29 is 18.7 Å². The molecule has 0 atom stereocenters. The number of amides is 1. The summed E-state index contributed by atoms with van der Waals surface area (Å²) in [6.45, 7) is 9.54. The zero-order valence-electron chi connectivity index (χ0n) is 23.7. The van der Waals surface area contributed by atoms with Crippen LogP contribution in [0.4, 0.5) is 4.39 Å². The molecule has 0 bridgehead atoms. The Hall–Kier alpha value is -2.63. The third kappa shape index (κ3) is 5.41. The molecule has 5 nitrogen and oxygen atoms in total. The number of aromatic nitrogens is 1. The number of benzene rings is 1. The summed E-state index contributed by atoms with van der Waals surface area (Å²) >= 11 is 0. The molecular formula is C32H43FN2O3. The molecule has 3 saturated carbocycles. The molecule has 0 radical (unpaired) electrons. The van der Waals surface area contributed by atoms with Gasteiger partial charge in [-0.25, -0.2) is 0 Å². The van der Waals surface area contributed by atoms with Gasteiger partial charge in [0.2, 0.25) is 5.95 Å². The molecule has 3 fully saturated rings. The first-order valence-electron chi connectivity index (χ1n) is 14.4. The van der Waals surface area contributed by atoms with Crippen molar-refractivity contribution in [2.45, 2.75) is 109 Å². The second-order valence-corrected chi connectivity index (χ2v) is 13.3. The Morgan fingerprint density at radius 1 is 1.08 bits per heavy atom. The summed E-state index contributed by atoms with van der Waals surface area (Å²) in [5, 5.41) is 2.96. The molecule has 1 N–H and O–H groups in total. The van der Waals surface area contributed by atoms with Crippen molar-refractivity contribution in [2.24, 2.45) is 11.8 Å². The van der Waals surface area contributed by atoms with Crippen LogP contribution >= 0.6 is 0 Å². The van der Waals surface area contributed by atoms with E-state index in [0.717, 1.165) is 24.1 Å². The summed E-state index contributed by atoms with van der Waals surface area (Å²) in [5.74, 6) is -0.877.